The molecule has 1 atom stereocenters. The van der Waals surface area contributed by atoms with E-state index >= 15 is 0 Å². The molecule has 0 aromatic carbocycles. The lowest BCUT2D eigenvalue weighted by atomic mass is 10.2. The van der Waals surface area contributed by atoms with Crippen LogP contribution in [0, 0.1) is 0 Å². The molecule has 2 N–H and O–H groups in total. The van der Waals surface area contributed by atoms with E-state index in [2.05, 4.69) is 0 Å². The van der Waals surface area contributed by atoms with Crippen LogP contribution in [-0.2, 0) is 0 Å². The van der Waals surface area contributed by atoms with Crippen molar-refractivity contribution in [2.75, 3.05) is 0 Å². The highest BCUT2D eigenvalue weighted by atomic mass is 32.1. The number of nitrogens with two attached hydrogens (primary N) is 1. The van der Waals surface area contributed by atoms with Gasteiger partial charge in [-0.3, -0.25) is 0 Å². The highest BCUT2D eigenvalue weighted by Crippen LogP contribution is 2.27. The van der Waals surface area contributed by atoms with Crippen molar-refractivity contribution >= 4 is 11.3 Å². The molecule has 11 heavy (non-hydrogen) atoms. The topological polar surface area (TPSA) is 26.0 Å². The van der Waals surface area contributed by atoms with Gasteiger partial charge in [0.05, 0.1) is 4.88 Å². The number of hydrogen-bond donors (Lipinski definition) is 1. The minimum atomic E-state index is -2.37. The van der Waals surface area contributed by atoms with Crippen LogP contribution >= 0.6 is 11.3 Å². The fourth-order valence-corrected chi connectivity index (χ4v) is 1.58. The summed E-state index contributed by atoms with van der Waals surface area (Å²) in [7, 11) is 0. The first-order valence-electron chi connectivity index (χ1n) is 3.23. The molecule has 0 saturated heterocycles. The molecule has 1 aromatic heterocycles. The third-order valence-corrected chi connectivity index (χ3v) is 2.34. The predicted molar refractivity (Wildman–Crippen MR) is 41.9 cm³/mol. The SMILES string of the molecule is CC(N)c1csc(C(F)F)c1. The Bertz CT molecular complexity index is 210. The molecule has 1 aromatic rings. The predicted octanol–water partition coefficient (Wildman–Crippen LogP) is 2.71. The van der Waals surface area contributed by atoms with Crippen molar-refractivity contribution in [2.45, 2.75) is 19.4 Å². The lowest BCUT2D eigenvalue weighted by Gasteiger charge is -1.98. The zero-order valence-corrected chi connectivity index (χ0v) is 6.87. The van der Waals surface area contributed by atoms with Gasteiger partial charge < -0.3 is 5.73 Å². The third kappa shape index (κ3) is 1.97. The second-order valence-corrected chi connectivity index (χ2v) is 3.31. The van der Waals surface area contributed by atoms with Crippen molar-refractivity contribution in [3.63, 3.8) is 0 Å². The Morgan fingerprint density at radius 3 is 2.45 bits per heavy atom. The van der Waals surface area contributed by atoms with Crippen LogP contribution in [0.3, 0.4) is 0 Å². The zero-order valence-electron chi connectivity index (χ0n) is 6.05. The lowest BCUT2D eigenvalue weighted by molar-refractivity contribution is 0.155. The molecular formula is C7H9F2NS. The van der Waals surface area contributed by atoms with Gasteiger partial charge in [0.25, 0.3) is 6.43 Å². The first kappa shape index (κ1) is 8.62. The van der Waals surface area contributed by atoms with E-state index < -0.39 is 6.43 Å². The lowest BCUT2D eigenvalue weighted by Crippen LogP contribution is -2.02. The van der Waals surface area contributed by atoms with Gasteiger partial charge in [0.2, 0.25) is 0 Å². The number of hydrogen-bond acceptors (Lipinski definition) is 2. The summed E-state index contributed by atoms with van der Waals surface area (Å²) in [6.07, 6.45) is -2.37. The molecule has 0 radical (unpaired) electrons. The molecule has 0 amide bonds. The molecule has 0 spiro atoms. The van der Waals surface area contributed by atoms with E-state index in [1.165, 1.54) is 6.07 Å². The van der Waals surface area contributed by atoms with Crippen molar-refractivity contribution in [2.24, 2.45) is 5.73 Å². The summed E-state index contributed by atoms with van der Waals surface area (Å²) in [4.78, 5) is 0.0947. The van der Waals surface area contributed by atoms with Crippen molar-refractivity contribution in [1.29, 1.82) is 0 Å². The van der Waals surface area contributed by atoms with Crippen LogP contribution in [0.1, 0.15) is 29.8 Å². The maximum Gasteiger partial charge on any atom is 0.272 e. The fraction of sp³-hybridized carbons (Fsp3) is 0.429. The van der Waals surface area contributed by atoms with Gasteiger partial charge in [0.1, 0.15) is 0 Å². The molecule has 0 fully saturated rings. The Morgan fingerprint density at radius 1 is 1.55 bits per heavy atom. The average Bonchev–Trinajstić information content (AvgIpc) is 2.33. The van der Waals surface area contributed by atoms with E-state index in [-0.39, 0.29) is 10.9 Å². The Balaban J connectivity index is 2.82. The average molecular weight is 177 g/mol. The Hall–Kier alpha value is -0.480. The quantitative estimate of drug-likeness (QED) is 0.738. The summed E-state index contributed by atoms with van der Waals surface area (Å²) in [6, 6.07) is 1.30. The van der Waals surface area contributed by atoms with E-state index in [1.807, 2.05) is 0 Å². The monoisotopic (exact) mass is 177 g/mol. The highest BCUT2D eigenvalue weighted by molar-refractivity contribution is 7.10. The Morgan fingerprint density at radius 2 is 2.18 bits per heavy atom. The summed E-state index contributed by atoms with van der Waals surface area (Å²) in [6.45, 7) is 1.78. The summed E-state index contributed by atoms with van der Waals surface area (Å²) in [5, 5.41) is 1.67. The van der Waals surface area contributed by atoms with Gasteiger partial charge in [-0.1, -0.05) is 0 Å². The minimum absolute atomic E-state index is 0.0947. The number of halogens is 2. The molecular weight excluding hydrogens is 168 g/mol. The van der Waals surface area contributed by atoms with Crippen molar-refractivity contribution in [3.05, 3.63) is 21.9 Å². The Labute approximate surface area is 67.8 Å². The van der Waals surface area contributed by atoms with E-state index in [4.69, 9.17) is 5.73 Å². The maximum atomic E-state index is 12.0. The van der Waals surface area contributed by atoms with Gasteiger partial charge >= 0.3 is 0 Å². The Kier molecular flexibility index (Phi) is 2.57. The molecule has 0 bridgehead atoms. The van der Waals surface area contributed by atoms with Crippen LogP contribution in [0.25, 0.3) is 0 Å². The normalized spacial score (nSPS) is 13.9. The second kappa shape index (κ2) is 3.28. The van der Waals surface area contributed by atoms with Gasteiger partial charge in [-0.25, -0.2) is 8.78 Å². The number of rotatable bonds is 2. The summed E-state index contributed by atoms with van der Waals surface area (Å²) >= 11 is 1.06. The molecule has 1 heterocycles. The molecule has 0 aliphatic carbocycles. The minimum Gasteiger partial charge on any atom is -0.324 e. The largest absolute Gasteiger partial charge is 0.324 e. The van der Waals surface area contributed by atoms with Crippen molar-refractivity contribution in [3.8, 4) is 0 Å². The second-order valence-electron chi connectivity index (χ2n) is 2.37. The first-order valence-corrected chi connectivity index (χ1v) is 4.11. The van der Waals surface area contributed by atoms with E-state index in [0.717, 1.165) is 16.9 Å². The van der Waals surface area contributed by atoms with Crippen molar-refractivity contribution < 1.29 is 8.78 Å². The smallest absolute Gasteiger partial charge is 0.272 e. The number of thiophene rings is 1. The molecule has 62 valence electrons. The van der Waals surface area contributed by atoms with Crippen LogP contribution in [-0.4, -0.2) is 0 Å². The van der Waals surface area contributed by atoms with Gasteiger partial charge in [-0.05, 0) is 23.9 Å². The molecule has 4 heteroatoms. The third-order valence-electron chi connectivity index (χ3n) is 1.38. The summed E-state index contributed by atoms with van der Waals surface area (Å²) in [5.41, 5.74) is 6.27. The van der Waals surface area contributed by atoms with Crippen LogP contribution < -0.4 is 5.73 Å². The first-order chi connectivity index (χ1) is 5.11. The highest BCUT2D eigenvalue weighted by Gasteiger charge is 2.11. The van der Waals surface area contributed by atoms with Crippen LogP contribution in [0.15, 0.2) is 11.4 Å². The van der Waals surface area contributed by atoms with Gasteiger partial charge in [0.15, 0.2) is 0 Å². The van der Waals surface area contributed by atoms with E-state index in [0.29, 0.717) is 0 Å². The van der Waals surface area contributed by atoms with E-state index in [9.17, 15) is 8.78 Å². The van der Waals surface area contributed by atoms with Crippen LogP contribution in [0.5, 0.6) is 0 Å². The molecule has 0 aliphatic rings. The maximum absolute atomic E-state index is 12.0. The van der Waals surface area contributed by atoms with Gasteiger partial charge in [-0.2, -0.15) is 0 Å². The standard InChI is InChI=1S/C7H9F2NS/c1-4(10)5-2-6(7(8)9)11-3-5/h2-4,7H,10H2,1H3. The summed E-state index contributed by atoms with van der Waals surface area (Å²) in [5.74, 6) is 0. The summed E-state index contributed by atoms with van der Waals surface area (Å²) < 4.78 is 24.0. The van der Waals surface area contributed by atoms with Crippen LogP contribution in [0.4, 0.5) is 8.78 Å². The zero-order chi connectivity index (χ0) is 8.43. The van der Waals surface area contributed by atoms with Gasteiger partial charge in [0, 0.05) is 6.04 Å². The van der Waals surface area contributed by atoms with E-state index in [1.54, 1.807) is 12.3 Å². The molecule has 1 nitrogen and oxygen atoms in total. The van der Waals surface area contributed by atoms with Gasteiger partial charge in [-0.15, -0.1) is 11.3 Å². The number of alkyl halides is 2. The molecule has 0 aliphatic heterocycles. The molecule has 1 rings (SSSR count). The molecule has 1 unspecified atom stereocenters. The fourth-order valence-electron chi connectivity index (χ4n) is 0.722. The van der Waals surface area contributed by atoms with Crippen molar-refractivity contribution in [1.82, 2.24) is 0 Å². The van der Waals surface area contributed by atoms with Crippen LogP contribution in [0.2, 0.25) is 0 Å². The molecule has 0 saturated carbocycles.